The molecule has 0 spiro atoms. The Balaban J connectivity index is 1.72. The highest BCUT2D eigenvalue weighted by atomic mass is 35.5. The van der Waals surface area contributed by atoms with E-state index in [1.807, 2.05) is 40.9 Å². The van der Waals surface area contributed by atoms with Gasteiger partial charge in [0.05, 0.1) is 5.88 Å². The molecule has 0 radical (unpaired) electrons. The van der Waals surface area contributed by atoms with Crippen LogP contribution in [-0.2, 0) is 11.2 Å². The van der Waals surface area contributed by atoms with Crippen molar-refractivity contribution in [3.8, 4) is 0 Å². The van der Waals surface area contributed by atoms with Crippen molar-refractivity contribution in [3.63, 3.8) is 0 Å². The second-order valence-electron chi connectivity index (χ2n) is 4.17. The molecule has 1 aromatic carbocycles. The topological polar surface area (TPSA) is 20.3 Å². The highest BCUT2D eigenvalue weighted by Crippen LogP contribution is 2.16. The predicted molar refractivity (Wildman–Crippen MR) is 73.4 cm³/mol. The Morgan fingerprint density at radius 1 is 1.35 bits per heavy atom. The maximum Gasteiger partial charge on any atom is 0.223 e. The van der Waals surface area contributed by atoms with E-state index in [1.54, 1.807) is 0 Å². The molecule has 1 aromatic rings. The lowest BCUT2D eigenvalue weighted by Crippen LogP contribution is -2.27. The van der Waals surface area contributed by atoms with Gasteiger partial charge in [0.1, 0.15) is 0 Å². The molecular weight excluding hydrogens is 254 g/mol. The fourth-order valence-corrected chi connectivity index (χ4v) is 2.96. The first kappa shape index (κ1) is 12.8. The molecule has 0 unspecified atom stereocenters. The smallest absolute Gasteiger partial charge is 0.223 e. The number of aryl methyl sites for hydroxylation is 1. The molecule has 0 aromatic heterocycles. The molecular formula is C13H16ClNOS. The van der Waals surface area contributed by atoms with Gasteiger partial charge in [-0.05, 0) is 30.5 Å². The zero-order chi connectivity index (χ0) is 12.1. The molecule has 4 heteroatoms. The number of carbonyl (C=O) groups excluding carboxylic acids is 1. The van der Waals surface area contributed by atoms with Gasteiger partial charge < -0.3 is 4.90 Å². The van der Waals surface area contributed by atoms with Gasteiger partial charge in [-0.25, -0.2) is 0 Å². The maximum atomic E-state index is 11.8. The van der Waals surface area contributed by atoms with Gasteiger partial charge in [-0.2, -0.15) is 0 Å². The molecule has 1 aliphatic heterocycles. The van der Waals surface area contributed by atoms with Gasteiger partial charge in [-0.3, -0.25) is 4.79 Å². The Morgan fingerprint density at radius 3 is 2.76 bits per heavy atom. The van der Waals surface area contributed by atoms with E-state index in [4.69, 9.17) is 11.6 Å². The van der Waals surface area contributed by atoms with Crippen molar-refractivity contribution in [1.82, 2.24) is 4.90 Å². The number of nitrogens with zero attached hydrogens (tertiary/aromatic N) is 1. The van der Waals surface area contributed by atoms with Crippen molar-refractivity contribution in [2.45, 2.75) is 19.3 Å². The molecule has 2 nitrogen and oxygen atoms in total. The zero-order valence-corrected chi connectivity index (χ0v) is 11.3. The average Bonchev–Trinajstić information content (AvgIpc) is 2.85. The molecule has 0 aliphatic carbocycles. The average molecular weight is 270 g/mol. The minimum Gasteiger partial charge on any atom is -0.333 e. The minimum atomic E-state index is 0.295. The summed E-state index contributed by atoms with van der Waals surface area (Å²) >= 11 is 7.65. The Kier molecular flexibility index (Phi) is 4.75. The molecule has 92 valence electrons. The third kappa shape index (κ3) is 3.93. The first-order valence-corrected chi connectivity index (χ1v) is 7.39. The van der Waals surface area contributed by atoms with Gasteiger partial charge in [0.15, 0.2) is 0 Å². The number of thioether (sulfide) groups is 1. The van der Waals surface area contributed by atoms with E-state index < -0.39 is 0 Å². The number of hydrogen-bond donors (Lipinski definition) is 0. The lowest BCUT2D eigenvalue weighted by atomic mass is 10.1. The molecule has 0 atom stereocenters. The molecule has 1 saturated heterocycles. The maximum absolute atomic E-state index is 11.8. The van der Waals surface area contributed by atoms with Crippen LogP contribution in [0.25, 0.3) is 0 Å². The van der Waals surface area contributed by atoms with E-state index in [0.717, 1.165) is 36.0 Å². The Hall–Kier alpha value is -0.670. The molecule has 1 heterocycles. The lowest BCUT2D eigenvalue weighted by Gasteiger charge is -2.13. The van der Waals surface area contributed by atoms with E-state index in [1.165, 1.54) is 5.56 Å². The van der Waals surface area contributed by atoms with Crippen LogP contribution in [0.1, 0.15) is 18.4 Å². The molecule has 1 fully saturated rings. The predicted octanol–water partition coefficient (Wildman–Crippen LogP) is 3.20. The van der Waals surface area contributed by atoms with E-state index in [-0.39, 0.29) is 0 Å². The van der Waals surface area contributed by atoms with E-state index >= 15 is 0 Å². The van der Waals surface area contributed by atoms with Gasteiger partial charge in [-0.15, -0.1) is 11.8 Å². The van der Waals surface area contributed by atoms with E-state index in [2.05, 4.69) is 0 Å². The molecule has 2 rings (SSSR count). The second-order valence-corrected chi connectivity index (χ2v) is 5.69. The third-order valence-electron chi connectivity index (χ3n) is 2.87. The second kappa shape index (κ2) is 6.31. The molecule has 1 amide bonds. The van der Waals surface area contributed by atoms with Gasteiger partial charge in [0, 0.05) is 23.7 Å². The Bertz CT molecular complexity index is 374. The van der Waals surface area contributed by atoms with Crippen LogP contribution in [0.5, 0.6) is 0 Å². The largest absolute Gasteiger partial charge is 0.333 e. The van der Waals surface area contributed by atoms with Crippen LogP contribution in [0.2, 0.25) is 5.02 Å². The Labute approximate surface area is 111 Å². The fraction of sp³-hybridized carbons (Fsp3) is 0.462. The normalized spacial score (nSPS) is 15.2. The first-order chi connectivity index (χ1) is 8.25. The van der Waals surface area contributed by atoms with Crippen LogP contribution in [0.4, 0.5) is 0 Å². The van der Waals surface area contributed by atoms with Crippen molar-refractivity contribution in [2.75, 3.05) is 18.2 Å². The van der Waals surface area contributed by atoms with Gasteiger partial charge in [-0.1, -0.05) is 23.7 Å². The van der Waals surface area contributed by atoms with Crippen molar-refractivity contribution in [2.24, 2.45) is 0 Å². The van der Waals surface area contributed by atoms with Crippen LogP contribution >= 0.6 is 23.4 Å². The van der Waals surface area contributed by atoms with Gasteiger partial charge >= 0.3 is 0 Å². The molecule has 1 aliphatic rings. The third-order valence-corrected chi connectivity index (χ3v) is 4.09. The van der Waals surface area contributed by atoms with Crippen LogP contribution < -0.4 is 0 Å². The fourth-order valence-electron chi connectivity index (χ4n) is 1.86. The summed E-state index contributed by atoms with van der Waals surface area (Å²) in [5.41, 5.74) is 1.25. The summed E-state index contributed by atoms with van der Waals surface area (Å²) in [5.74, 6) is 2.26. The molecule has 0 saturated carbocycles. The van der Waals surface area contributed by atoms with E-state index in [0.29, 0.717) is 12.3 Å². The lowest BCUT2D eigenvalue weighted by molar-refractivity contribution is -0.129. The molecule has 17 heavy (non-hydrogen) atoms. The van der Waals surface area contributed by atoms with Crippen molar-refractivity contribution >= 4 is 29.3 Å². The summed E-state index contributed by atoms with van der Waals surface area (Å²) in [4.78, 5) is 13.7. The number of hydrogen-bond acceptors (Lipinski definition) is 2. The van der Waals surface area contributed by atoms with Gasteiger partial charge in [0.25, 0.3) is 0 Å². The quantitative estimate of drug-likeness (QED) is 0.837. The number of benzene rings is 1. The highest BCUT2D eigenvalue weighted by Gasteiger charge is 2.17. The molecule has 0 N–H and O–H groups in total. The highest BCUT2D eigenvalue weighted by molar-refractivity contribution is 7.99. The monoisotopic (exact) mass is 269 g/mol. The Morgan fingerprint density at radius 2 is 2.12 bits per heavy atom. The van der Waals surface area contributed by atoms with Crippen molar-refractivity contribution in [1.29, 1.82) is 0 Å². The first-order valence-electron chi connectivity index (χ1n) is 5.85. The summed E-state index contributed by atoms with van der Waals surface area (Å²) < 4.78 is 0. The standard InChI is InChI=1S/C13H16ClNOS/c14-12-6-4-11(5-7-12)2-1-3-13(16)15-8-9-17-10-15/h4-7H,1-3,8-10H2. The SMILES string of the molecule is O=C(CCCc1ccc(Cl)cc1)N1CCSC1. The summed E-state index contributed by atoms with van der Waals surface area (Å²) in [5, 5.41) is 0.763. The number of halogens is 1. The van der Waals surface area contributed by atoms with Crippen LogP contribution in [0.3, 0.4) is 0 Å². The minimum absolute atomic E-state index is 0.295. The van der Waals surface area contributed by atoms with Crippen molar-refractivity contribution in [3.05, 3.63) is 34.9 Å². The van der Waals surface area contributed by atoms with Crippen molar-refractivity contribution < 1.29 is 4.79 Å². The summed E-state index contributed by atoms with van der Waals surface area (Å²) in [7, 11) is 0. The van der Waals surface area contributed by atoms with Crippen LogP contribution in [-0.4, -0.2) is 29.0 Å². The van der Waals surface area contributed by atoms with Crippen LogP contribution in [0, 0.1) is 0 Å². The number of amides is 1. The number of carbonyl (C=O) groups is 1. The van der Waals surface area contributed by atoms with Crippen LogP contribution in [0.15, 0.2) is 24.3 Å². The van der Waals surface area contributed by atoms with E-state index in [9.17, 15) is 4.79 Å². The summed E-state index contributed by atoms with van der Waals surface area (Å²) in [6.45, 7) is 0.921. The summed E-state index contributed by atoms with van der Waals surface area (Å²) in [6, 6.07) is 7.85. The van der Waals surface area contributed by atoms with Gasteiger partial charge in [0.2, 0.25) is 5.91 Å². The zero-order valence-electron chi connectivity index (χ0n) is 9.69. The molecule has 0 bridgehead atoms. The number of rotatable bonds is 4. The summed E-state index contributed by atoms with van der Waals surface area (Å²) in [6.07, 6.45) is 2.52.